The van der Waals surface area contributed by atoms with Crippen molar-refractivity contribution >= 4 is 5.84 Å². The molecule has 0 amide bonds. The minimum Gasteiger partial charge on any atom is -0.409 e. The second-order valence-corrected chi connectivity index (χ2v) is 5.39. The van der Waals surface area contributed by atoms with E-state index in [1.54, 1.807) is 0 Å². The number of hydrogen-bond donors (Lipinski definition) is 3. The summed E-state index contributed by atoms with van der Waals surface area (Å²) in [6, 6.07) is 10.2. The van der Waals surface area contributed by atoms with Gasteiger partial charge in [-0.3, -0.25) is 0 Å². The number of nitrogens with two attached hydrogens (primary N) is 1. The first-order valence-corrected chi connectivity index (χ1v) is 6.79. The summed E-state index contributed by atoms with van der Waals surface area (Å²) in [7, 11) is 0. The first-order valence-electron chi connectivity index (χ1n) is 6.79. The average Bonchev–Trinajstić information content (AvgIpc) is 2.43. The highest BCUT2D eigenvalue weighted by atomic mass is 16.4. The Morgan fingerprint density at radius 2 is 1.89 bits per heavy atom. The summed E-state index contributed by atoms with van der Waals surface area (Å²) in [6.07, 6.45) is 0.505. The number of hydrogen-bond acceptors (Lipinski definition) is 3. The molecule has 0 spiro atoms. The van der Waals surface area contributed by atoms with Crippen LogP contribution in [0.4, 0.5) is 0 Å². The van der Waals surface area contributed by atoms with Crippen LogP contribution in [0.25, 0.3) is 0 Å². The standard InChI is InChI=1S/C15H25N3O/c1-11(2)12(3)10-17-14(9-15(16)18-19)13-7-5-4-6-8-13/h4-8,11-12,14,17,19H,9-10H2,1-3H3,(H2,16,18). The Bertz CT molecular complexity index is 390. The lowest BCUT2D eigenvalue weighted by Crippen LogP contribution is -2.31. The lowest BCUT2D eigenvalue weighted by Gasteiger charge is -2.23. The largest absolute Gasteiger partial charge is 0.409 e. The van der Waals surface area contributed by atoms with Gasteiger partial charge in [0.05, 0.1) is 0 Å². The van der Waals surface area contributed by atoms with Crippen LogP contribution in [-0.2, 0) is 0 Å². The van der Waals surface area contributed by atoms with Gasteiger partial charge in [0.1, 0.15) is 5.84 Å². The Balaban J connectivity index is 2.70. The van der Waals surface area contributed by atoms with Gasteiger partial charge < -0.3 is 16.3 Å². The van der Waals surface area contributed by atoms with Crippen molar-refractivity contribution in [2.75, 3.05) is 6.54 Å². The summed E-state index contributed by atoms with van der Waals surface area (Å²) < 4.78 is 0. The predicted octanol–water partition coefficient (Wildman–Crippen LogP) is 2.75. The normalized spacial score (nSPS) is 15.5. The summed E-state index contributed by atoms with van der Waals surface area (Å²) in [6.45, 7) is 7.57. The van der Waals surface area contributed by atoms with E-state index in [9.17, 15) is 0 Å². The van der Waals surface area contributed by atoms with E-state index in [1.807, 2.05) is 18.2 Å². The molecule has 0 saturated heterocycles. The molecular weight excluding hydrogens is 238 g/mol. The Morgan fingerprint density at radius 1 is 1.26 bits per heavy atom. The van der Waals surface area contributed by atoms with Crippen molar-refractivity contribution in [3.8, 4) is 0 Å². The first-order chi connectivity index (χ1) is 9.04. The highest BCUT2D eigenvalue weighted by molar-refractivity contribution is 5.80. The van der Waals surface area contributed by atoms with Crippen LogP contribution in [-0.4, -0.2) is 17.6 Å². The molecule has 19 heavy (non-hydrogen) atoms. The minimum atomic E-state index is 0.0818. The van der Waals surface area contributed by atoms with Gasteiger partial charge in [0.2, 0.25) is 0 Å². The van der Waals surface area contributed by atoms with E-state index in [1.165, 1.54) is 0 Å². The van der Waals surface area contributed by atoms with Crippen molar-refractivity contribution in [1.29, 1.82) is 0 Å². The number of rotatable bonds is 7. The van der Waals surface area contributed by atoms with E-state index in [0.29, 0.717) is 18.3 Å². The summed E-state index contributed by atoms with van der Waals surface area (Å²) in [5.41, 5.74) is 6.79. The van der Waals surface area contributed by atoms with E-state index >= 15 is 0 Å². The van der Waals surface area contributed by atoms with Crippen molar-refractivity contribution in [2.45, 2.75) is 33.2 Å². The van der Waals surface area contributed by atoms with Crippen LogP contribution in [0.3, 0.4) is 0 Å². The quantitative estimate of drug-likeness (QED) is 0.306. The van der Waals surface area contributed by atoms with Crippen LogP contribution >= 0.6 is 0 Å². The summed E-state index contributed by atoms with van der Waals surface area (Å²) in [5.74, 6) is 1.46. The van der Waals surface area contributed by atoms with Crippen LogP contribution < -0.4 is 11.1 Å². The van der Waals surface area contributed by atoms with Gasteiger partial charge in [-0.2, -0.15) is 0 Å². The molecule has 0 aliphatic rings. The third kappa shape index (κ3) is 5.30. The fourth-order valence-corrected chi connectivity index (χ4v) is 1.81. The van der Waals surface area contributed by atoms with Crippen LogP contribution in [0.15, 0.2) is 35.5 Å². The fourth-order valence-electron chi connectivity index (χ4n) is 1.81. The van der Waals surface area contributed by atoms with E-state index in [-0.39, 0.29) is 11.9 Å². The number of nitrogens with one attached hydrogen (secondary N) is 1. The Morgan fingerprint density at radius 3 is 2.42 bits per heavy atom. The molecule has 1 rings (SSSR count). The van der Waals surface area contributed by atoms with Crippen LogP contribution in [0.1, 0.15) is 38.8 Å². The molecule has 0 saturated carbocycles. The molecule has 0 aliphatic heterocycles. The number of amidine groups is 1. The van der Waals surface area contributed by atoms with Gasteiger partial charge in [0, 0.05) is 12.5 Å². The monoisotopic (exact) mass is 263 g/mol. The second-order valence-electron chi connectivity index (χ2n) is 5.39. The SMILES string of the molecule is CC(C)C(C)CNC(CC(N)=NO)c1ccccc1. The Hall–Kier alpha value is -1.55. The van der Waals surface area contributed by atoms with E-state index in [2.05, 4.69) is 43.4 Å². The maximum absolute atomic E-state index is 8.73. The topological polar surface area (TPSA) is 70.6 Å². The lowest BCUT2D eigenvalue weighted by molar-refractivity contribution is 0.314. The zero-order valence-corrected chi connectivity index (χ0v) is 12.0. The molecule has 4 heteroatoms. The molecule has 1 aromatic rings. The lowest BCUT2D eigenvalue weighted by atomic mass is 9.96. The number of oxime groups is 1. The molecule has 0 heterocycles. The summed E-state index contributed by atoms with van der Waals surface area (Å²) >= 11 is 0. The first kappa shape index (κ1) is 15.5. The van der Waals surface area contributed by atoms with Gasteiger partial charge >= 0.3 is 0 Å². The minimum absolute atomic E-state index is 0.0818. The van der Waals surface area contributed by atoms with Crippen molar-refractivity contribution in [2.24, 2.45) is 22.7 Å². The smallest absolute Gasteiger partial charge is 0.141 e. The maximum atomic E-state index is 8.73. The molecule has 2 unspecified atom stereocenters. The molecular formula is C15H25N3O. The molecule has 4 N–H and O–H groups in total. The van der Waals surface area contributed by atoms with Crippen molar-refractivity contribution in [3.05, 3.63) is 35.9 Å². The highest BCUT2D eigenvalue weighted by Gasteiger charge is 2.15. The second kappa shape index (κ2) is 7.79. The van der Waals surface area contributed by atoms with E-state index in [4.69, 9.17) is 10.9 Å². The van der Waals surface area contributed by atoms with Gasteiger partial charge in [-0.05, 0) is 23.9 Å². The van der Waals surface area contributed by atoms with Gasteiger partial charge in [0.25, 0.3) is 0 Å². The number of nitrogens with zero attached hydrogens (tertiary/aromatic N) is 1. The van der Waals surface area contributed by atoms with Gasteiger partial charge in [-0.1, -0.05) is 56.3 Å². The third-order valence-corrected chi connectivity index (χ3v) is 3.57. The molecule has 0 bridgehead atoms. The van der Waals surface area contributed by atoms with Crippen molar-refractivity contribution in [3.63, 3.8) is 0 Å². The zero-order valence-electron chi connectivity index (χ0n) is 12.0. The number of benzene rings is 1. The predicted molar refractivity (Wildman–Crippen MR) is 79.2 cm³/mol. The van der Waals surface area contributed by atoms with E-state index < -0.39 is 0 Å². The third-order valence-electron chi connectivity index (χ3n) is 3.57. The van der Waals surface area contributed by atoms with Gasteiger partial charge in [-0.25, -0.2) is 0 Å². The average molecular weight is 263 g/mol. The molecule has 1 aromatic carbocycles. The van der Waals surface area contributed by atoms with Crippen molar-refractivity contribution < 1.29 is 5.21 Å². The van der Waals surface area contributed by atoms with Crippen molar-refractivity contribution in [1.82, 2.24) is 5.32 Å². The fraction of sp³-hybridized carbons (Fsp3) is 0.533. The van der Waals surface area contributed by atoms with E-state index in [0.717, 1.165) is 12.1 Å². The molecule has 4 nitrogen and oxygen atoms in total. The maximum Gasteiger partial charge on any atom is 0.141 e. The zero-order chi connectivity index (χ0) is 14.3. The van der Waals surface area contributed by atoms with Crippen LogP contribution in [0.5, 0.6) is 0 Å². The van der Waals surface area contributed by atoms with Crippen LogP contribution in [0.2, 0.25) is 0 Å². The van der Waals surface area contributed by atoms with Crippen LogP contribution in [0, 0.1) is 11.8 Å². The molecule has 0 aromatic heterocycles. The molecule has 0 fully saturated rings. The molecule has 2 atom stereocenters. The highest BCUT2D eigenvalue weighted by Crippen LogP contribution is 2.18. The summed E-state index contributed by atoms with van der Waals surface area (Å²) in [5, 5.41) is 15.3. The Labute approximate surface area is 115 Å². The Kier molecular flexibility index (Phi) is 6.36. The molecule has 0 radical (unpaired) electrons. The molecule has 106 valence electrons. The molecule has 0 aliphatic carbocycles. The van der Waals surface area contributed by atoms with Gasteiger partial charge in [-0.15, -0.1) is 0 Å². The van der Waals surface area contributed by atoms with Gasteiger partial charge in [0.15, 0.2) is 0 Å². The summed E-state index contributed by atoms with van der Waals surface area (Å²) in [4.78, 5) is 0.